The molecule has 0 spiro atoms. The number of hydrogen-bond acceptors (Lipinski definition) is 6. The van der Waals surface area contributed by atoms with Gasteiger partial charge >= 0.3 is 5.97 Å². The Labute approximate surface area is 162 Å². The van der Waals surface area contributed by atoms with Crippen LogP contribution >= 0.6 is 11.3 Å². The van der Waals surface area contributed by atoms with Crippen molar-refractivity contribution in [2.75, 3.05) is 36.0 Å². The maximum atomic E-state index is 11.5. The van der Waals surface area contributed by atoms with E-state index in [1.54, 1.807) is 0 Å². The molecule has 1 saturated heterocycles. The first-order chi connectivity index (χ1) is 13.2. The second kappa shape index (κ2) is 7.80. The molecule has 0 aliphatic carbocycles. The summed E-state index contributed by atoms with van der Waals surface area (Å²) in [6.07, 6.45) is 0. The van der Waals surface area contributed by atoms with Gasteiger partial charge in [-0.2, -0.15) is 0 Å². The van der Waals surface area contributed by atoms with E-state index in [-0.39, 0.29) is 5.97 Å². The number of aromatic nitrogens is 1. The normalized spacial score (nSPS) is 14.3. The number of carbonyl (C=O) groups excluding carboxylic acids is 1. The summed E-state index contributed by atoms with van der Waals surface area (Å²) in [7, 11) is 0. The van der Waals surface area contributed by atoms with Crippen LogP contribution in [0.5, 0.6) is 5.06 Å². The lowest BCUT2D eigenvalue weighted by Crippen LogP contribution is -2.46. The zero-order chi connectivity index (χ0) is 18.6. The van der Waals surface area contributed by atoms with Crippen LogP contribution in [0.15, 0.2) is 60.7 Å². The van der Waals surface area contributed by atoms with Gasteiger partial charge in [-0.05, 0) is 12.1 Å². The molecule has 0 unspecified atom stereocenters. The highest BCUT2D eigenvalue weighted by molar-refractivity contribution is 7.18. The third-order valence-corrected chi connectivity index (χ3v) is 5.53. The number of nitrogens with zero attached hydrogens (tertiary/aromatic N) is 3. The van der Waals surface area contributed by atoms with E-state index >= 15 is 0 Å². The minimum absolute atomic E-state index is 0.323. The Kier molecular flexibility index (Phi) is 5.07. The van der Waals surface area contributed by atoms with Crippen LogP contribution in [-0.4, -0.2) is 37.1 Å². The predicted octanol–water partition coefficient (Wildman–Crippen LogP) is 4.06. The number of piperazine rings is 1. The Bertz CT molecular complexity index is 904. The van der Waals surface area contributed by atoms with Gasteiger partial charge in [0.25, 0.3) is 0 Å². The van der Waals surface area contributed by atoms with Gasteiger partial charge in [-0.25, -0.2) is 4.98 Å². The molecule has 0 N–H and O–H groups in total. The SMILES string of the molecule is CC(=O)Oc1sc(N2CCN(c3ccccc3)CC2)nc1-c1ccccc1. The molecule has 5 nitrogen and oxygen atoms in total. The third-order valence-electron chi connectivity index (χ3n) is 4.54. The number of thiazole rings is 1. The second-order valence-electron chi connectivity index (χ2n) is 6.40. The number of rotatable bonds is 4. The highest BCUT2D eigenvalue weighted by Crippen LogP contribution is 2.40. The van der Waals surface area contributed by atoms with Crippen molar-refractivity contribution < 1.29 is 9.53 Å². The summed E-state index contributed by atoms with van der Waals surface area (Å²) in [5.74, 6) is -0.323. The van der Waals surface area contributed by atoms with Gasteiger partial charge in [-0.1, -0.05) is 59.9 Å². The molecule has 1 fully saturated rings. The molecule has 27 heavy (non-hydrogen) atoms. The predicted molar refractivity (Wildman–Crippen MR) is 110 cm³/mol. The summed E-state index contributed by atoms with van der Waals surface area (Å²) < 4.78 is 5.44. The van der Waals surface area contributed by atoms with E-state index in [9.17, 15) is 4.79 Å². The molecule has 138 valence electrons. The van der Waals surface area contributed by atoms with Crippen LogP contribution in [0.1, 0.15) is 6.92 Å². The van der Waals surface area contributed by atoms with Crippen molar-refractivity contribution in [3.05, 3.63) is 60.7 Å². The number of anilines is 2. The average Bonchev–Trinajstić information content (AvgIpc) is 3.12. The summed E-state index contributed by atoms with van der Waals surface area (Å²) in [6, 6.07) is 20.3. The van der Waals surface area contributed by atoms with Crippen molar-refractivity contribution in [2.24, 2.45) is 0 Å². The fourth-order valence-electron chi connectivity index (χ4n) is 3.20. The zero-order valence-corrected chi connectivity index (χ0v) is 16.0. The van der Waals surface area contributed by atoms with Gasteiger partial charge in [0.05, 0.1) is 0 Å². The second-order valence-corrected chi connectivity index (χ2v) is 7.34. The lowest BCUT2D eigenvalue weighted by molar-refractivity contribution is -0.131. The lowest BCUT2D eigenvalue weighted by atomic mass is 10.2. The highest BCUT2D eigenvalue weighted by atomic mass is 32.1. The monoisotopic (exact) mass is 379 g/mol. The molecule has 4 rings (SSSR count). The van der Waals surface area contributed by atoms with Crippen molar-refractivity contribution in [3.8, 4) is 16.3 Å². The molecule has 2 aromatic carbocycles. The van der Waals surface area contributed by atoms with Crippen LogP contribution in [0.4, 0.5) is 10.8 Å². The Balaban J connectivity index is 1.54. The van der Waals surface area contributed by atoms with E-state index in [2.05, 4.69) is 34.1 Å². The first-order valence-corrected chi connectivity index (χ1v) is 9.82. The van der Waals surface area contributed by atoms with E-state index < -0.39 is 0 Å². The first-order valence-electron chi connectivity index (χ1n) is 9.00. The minimum Gasteiger partial charge on any atom is -0.413 e. The van der Waals surface area contributed by atoms with Crippen LogP contribution in [-0.2, 0) is 4.79 Å². The van der Waals surface area contributed by atoms with Crippen LogP contribution in [0.25, 0.3) is 11.3 Å². The fourth-order valence-corrected chi connectivity index (χ4v) is 4.24. The van der Waals surface area contributed by atoms with Crippen LogP contribution in [0, 0.1) is 0 Å². The summed E-state index contributed by atoms with van der Waals surface area (Å²) in [5.41, 5.74) is 2.94. The van der Waals surface area contributed by atoms with Gasteiger partial charge in [-0.3, -0.25) is 4.79 Å². The molecule has 6 heteroatoms. The topological polar surface area (TPSA) is 45.7 Å². The van der Waals surface area contributed by atoms with E-state index in [0.717, 1.165) is 42.6 Å². The first kappa shape index (κ1) is 17.5. The van der Waals surface area contributed by atoms with Gasteiger partial charge in [0.15, 0.2) is 5.13 Å². The molecule has 0 bridgehead atoms. The van der Waals surface area contributed by atoms with E-state index in [4.69, 9.17) is 9.72 Å². The molecule has 1 aliphatic rings. The molecule has 0 saturated carbocycles. The largest absolute Gasteiger partial charge is 0.413 e. The number of benzene rings is 2. The molecule has 0 amide bonds. The third kappa shape index (κ3) is 3.95. The molecular weight excluding hydrogens is 358 g/mol. The number of hydrogen-bond donors (Lipinski definition) is 0. The number of ether oxygens (including phenoxy) is 1. The Hall–Kier alpha value is -2.86. The summed E-state index contributed by atoms with van der Waals surface area (Å²) in [4.78, 5) is 21.0. The zero-order valence-electron chi connectivity index (χ0n) is 15.2. The van der Waals surface area contributed by atoms with Crippen molar-refractivity contribution in [2.45, 2.75) is 6.92 Å². The van der Waals surface area contributed by atoms with Crippen LogP contribution < -0.4 is 14.5 Å². The van der Waals surface area contributed by atoms with Gasteiger partial charge in [-0.15, -0.1) is 0 Å². The van der Waals surface area contributed by atoms with Gasteiger partial charge < -0.3 is 14.5 Å². The Morgan fingerprint density at radius 2 is 1.52 bits per heavy atom. The smallest absolute Gasteiger partial charge is 0.308 e. The molecule has 1 aliphatic heterocycles. The number of carbonyl (C=O) groups is 1. The lowest BCUT2D eigenvalue weighted by Gasteiger charge is -2.35. The summed E-state index contributed by atoms with van der Waals surface area (Å²) >= 11 is 1.44. The highest BCUT2D eigenvalue weighted by Gasteiger charge is 2.23. The van der Waals surface area contributed by atoms with Gasteiger partial charge in [0.1, 0.15) is 5.69 Å². The molecule has 0 atom stereocenters. The average molecular weight is 379 g/mol. The Morgan fingerprint density at radius 3 is 2.15 bits per heavy atom. The van der Waals surface area contributed by atoms with Crippen LogP contribution in [0.3, 0.4) is 0 Å². The number of para-hydroxylation sites is 1. The van der Waals surface area contributed by atoms with Crippen molar-refractivity contribution >= 4 is 28.1 Å². The standard InChI is InChI=1S/C21H21N3O2S/c1-16(25)26-20-19(17-8-4-2-5-9-17)22-21(27-20)24-14-12-23(13-15-24)18-10-6-3-7-11-18/h2-11H,12-15H2,1H3. The van der Waals surface area contributed by atoms with Crippen molar-refractivity contribution in [1.82, 2.24) is 4.98 Å². The molecular formula is C21H21N3O2S. The summed E-state index contributed by atoms with van der Waals surface area (Å²) in [6.45, 7) is 5.07. The van der Waals surface area contributed by atoms with Crippen molar-refractivity contribution in [1.29, 1.82) is 0 Å². The van der Waals surface area contributed by atoms with E-state index in [0.29, 0.717) is 5.06 Å². The molecule has 3 aromatic rings. The molecule has 2 heterocycles. The van der Waals surface area contributed by atoms with Gasteiger partial charge in [0.2, 0.25) is 5.06 Å². The van der Waals surface area contributed by atoms with Gasteiger partial charge in [0, 0.05) is 44.4 Å². The maximum absolute atomic E-state index is 11.5. The number of esters is 1. The maximum Gasteiger partial charge on any atom is 0.308 e. The van der Waals surface area contributed by atoms with E-state index in [1.165, 1.54) is 23.9 Å². The Morgan fingerprint density at radius 1 is 0.926 bits per heavy atom. The van der Waals surface area contributed by atoms with Crippen molar-refractivity contribution in [3.63, 3.8) is 0 Å². The van der Waals surface area contributed by atoms with Crippen LogP contribution in [0.2, 0.25) is 0 Å². The summed E-state index contributed by atoms with van der Waals surface area (Å²) in [5, 5.41) is 1.46. The quantitative estimate of drug-likeness (QED) is 0.640. The minimum atomic E-state index is -0.323. The molecule has 1 aromatic heterocycles. The fraction of sp³-hybridized carbons (Fsp3) is 0.238. The molecule has 0 radical (unpaired) electrons. The van der Waals surface area contributed by atoms with E-state index in [1.807, 2.05) is 36.4 Å².